The molecule has 2 amide bonds. The van der Waals surface area contributed by atoms with Crippen LogP contribution >= 0.6 is 15.9 Å². The SMILES string of the molecule is O=C(NC1CCN(C(=O)c2ccc(Br)c([N+](=O)[O-])c2)CC1)c1ccccc1. The van der Waals surface area contributed by atoms with Crippen molar-refractivity contribution in [3.8, 4) is 0 Å². The Labute approximate surface area is 164 Å². The average Bonchev–Trinajstić information content (AvgIpc) is 2.69. The highest BCUT2D eigenvalue weighted by atomic mass is 79.9. The number of carbonyl (C=O) groups excluding carboxylic acids is 2. The highest BCUT2D eigenvalue weighted by Gasteiger charge is 2.26. The maximum Gasteiger partial charge on any atom is 0.284 e. The Bertz CT molecular complexity index is 865. The number of likely N-dealkylation sites (tertiary alicyclic amines) is 1. The summed E-state index contributed by atoms with van der Waals surface area (Å²) in [5.41, 5.74) is 0.765. The maximum absolute atomic E-state index is 12.6. The van der Waals surface area contributed by atoms with Gasteiger partial charge in [0.25, 0.3) is 17.5 Å². The number of rotatable bonds is 4. The van der Waals surface area contributed by atoms with Crippen molar-refractivity contribution in [3.63, 3.8) is 0 Å². The van der Waals surface area contributed by atoms with E-state index in [4.69, 9.17) is 0 Å². The van der Waals surface area contributed by atoms with Crippen molar-refractivity contribution in [2.45, 2.75) is 18.9 Å². The smallest absolute Gasteiger partial charge is 0.284 e. The van der Waals surface area contributed by atoms with Gasteiger partial charge in [0.05, 0.1) is 9.40 Å². The van der Waals surface area contributed by atoms with Gasteiger partial charge < -0.3 is 10.2 Å². The molecule has 1 fully saturated rings. The Morgan fingerprint density at radius 1 is 1.07 bits per heavy atom. The van der Waals surface area contributed by atoms with E-state index >= 15 is 0 Å². The molecule has 0 aromatic heterocycles. The second kappa shape index (κ2) is 8.30. The van der Waals surface area contributed by atoms with Gasteiger partial charge in [-0.15, -0.1) is 0 Å². The monoisotopic (exact) mass is 431 g/mol. The van der Waals surface area contributed by atoms with Crippen LogP contribution in [0, 0.1) is 10.1 Å². The number of nitro groups is 1. The Hall–Kier alpha value is -2.74. The van der Waals surface area contributed by atoms with Gasteiger partial charge in [-0.2, -0.15) is 0 Å². The van der Waals surface area contributed by atoms with Crippen LogP contribution in [0.1, 0.15) is 33.6 Å². The number of piperidine rings is 1. The zero-order chi connectivity index (χ0) is 19.4. The zero-order valence-corrected chi connectivity index (χ0v) is 16.0. The van der Waals surface area contributed by atoms with Gasteiger partial charge in [0.15, 0.2) is 0 Å². The minimum absolute atomic E-state index is 0.000935. The zero-order valence-electron chi connectivity index (χ0n) is 14.4. The lowest BCUT2D eigenvalue weighted by Gasteiger charge is -2.32. The topological polar surface area (TPSA) is 92.6 Å². The molecular weight excluding hydrogens is 414 g/mol. The minimum Gasteiger partial charge on any atom is -0.349 e. The van der Waals surface area contributed by atoms with Crippen LogP contribution in [0.25, 0.3) is 0 Å². The number of halogens is 1. The van der Waals surface area contributed by atoms with Crippen molar-refractivity contribution in [2.24, 2.45) is 0 Å². The molecular formula is C19H18BrN3O4. The lowest BCUT2D eigenvalue weighted by molar-refractivity contribution is -0.385. The van der Waals surface area contributed by atoms with Crippen LogP contribution in [0.3, 0.4) is 0 Å². The van der Waals surface area contributed by atoms with Crippen molar-refractivity contribution < 1.29 is 14.5 Å². The third-order valence-corrected chi connectivity index (χ3v) is 5.21. The number of benzene rings is 2. The molecule has 140 valence electrons. The van der Waals surface area contributed by atoms with Crippen LogP contribution in [-0.4, -0.2) is 40.8 Å². The molecule has 1 N–H and O–H groups in total. The molecule has 0 aliphatic carbocycles. The van der Waals surface area contributed by atoms with Crippen LogP contribution in [0.15, 0.2) is 53.0 Å². The Morgan fingerprint density at radius 2 is 1.74 bits per heavy atom. The van der Waals surface area contributed by atoms with Gasteiger partial charge in [0.2, 0.25) is 0 Å². The summed E-state index contributed by atoms with van der Waals surface area (Å²) in [6, 6.07) is 13.4. The first-order valence-corrected chi connectivity index (χ1v) is 9.34. The molecule has 0 unspecified atom stereocenters. The fraction of sp³-hybridized carbons (Fsp3) is 0.263. The third-order valence-electron chi connectivity index (χ3n) is 4.54. The molecule has 1 aliphatic rings. The summed E-state index contributed by atoms with van der Waals surface area (Å²) in [5.74, 6) is -0.359. The van der Waals surface area contributed by atoms with E-state index in [9.17, 15) is 19.7 Å². The summed E-state index contributed by atoms with van der Waals surface area (Å²) >= 11 is 3.12. The van der Waals surface area contributed by atoms with Gasteiger partial charge in [-0.25, -0.2) is 0 Å². The quantitative estimate of drug-likeness (QED) is 0.592. The highest BCUT2D eigenvalue weighted by Crippen LogP contribution is 2.26. The molecule has 0 bridgehead atoms. The van der Waals surface area contributed by atoms with E-state index in [1.165, 1.54) is 12.1 Å². The van der Waals surface area contributed by atoms with E-state index in [0.29, 0.717) is 36.0 Å². The van der Waals surface area contributed by atoms with E-state index in [0.717, 1.165) is 0 Å². The number of nitrogens with zero attached hydrogens (tertiary/aromatic N) is 2. The molecule has 3 rings (SSSR count). The van der Waals surface area contributed by atoms with Crippen LogP contribution in [0.5, 0.6) is 0 Å². The Morgan fingerprint density at radius 3 is 2.37 bits per heavy atom. The molecule has 1 heterocycles. The summed E-state index contributed by atoms with van der Waals surface area (Å²) in [6.07, 6.45) is 1.28. The maximum atomic E-state index is 12.6. The third kappa shape index (κ3) is 4.51. The van der Waals surface area contributed by atoms with Gasteiger partial charge in [-0.05, 0) is 53.0 Å². The predicted molar refractivity (Wildman–Crippen MR) is 104 cm³/mol. The molecule has 2 aromatic rings. The van der Waals surface area contributed by atoms with E-state index in [1.807, 2.05) is 18.2 Å². The Kier molecular flexibility index (Phi) is 5.85. The molecule has 0 saturated carbocycles. The molecule has 0 atom stereocenters. The Balaban J connectivity index is 1.59. The van der Waals surface area contributed by atoms with Gasteiger partial charge >= 0.3 is 0 Å². The first-order valence-electron chi connectivity index (χ1n) is 8.55. The standard InChI is InChI=1S/C19H18BrN3O4/c20-16-7-6-14(12-17(16)23(26)27)19(25)22-10-8-15(9-11-22)21-18(24)13-4-2-1-3-5-13/h1-7,12,15H,8-11H2,(H,21,24). The van der Waals surface area contributed by atoms with Crippen molar-refractivity contribution in [2.75, 3.05) is 13.1 Å². The van der Waals surface area contributed by atoms with E-state index in [2.05, 4.69) is 21.2 Å². The molecule has 7 nitrogen and oxygen atoms in total. The second-order valence-corrected chi connectivity index (χ2v) is 7.18. The number of nitro benzene ring substituents is 1. The van der Waals surface area contributed by atoms with Gasteiger partial charge in [0.1, 0.15) is 0 Å². The second-order valence-electron chi connectivity index (χ2n) is 6.33. The van der Waals surface area contributed by atoms with Gasteiger partial charge in [-0.3, -0.25) is 19.7 Å². The van der Waals surface area contributed by atoms with Crippen molar-refractivity contribution in [1.29, 1.82) is 0 Å². The fourth-order valence-corrected chi connectivity index (χ4v) is 3.44. The number of carbonyl (C=O) groups is 2. The van der Waals surface area contributed by atoms with Crippen LogP contribution in [-0.2, 0) is 0 Å². The lowest BCUT2D eigenvalue weighted by Crippen LogP contribution is -2.46. The molecule has 2 aromatic carbocycles. The normalized spacial score (nSPS) is 14.6. The number of hydrogen-bond donors (Lipinski definition) is 1. The van der Waals surface area contributed by atoms with E-state index in [1.54, 1.807) is 23.1 Å². The summed E-state index contributed by atoms with van der Waals surface area (Å²) in [4.78, 5) is 37.0. The minimum atomic E-state index is -0.522. The first kappa shape index (κ1) is 19.0. The summed E-state index contributed by atoms with van der Waals surface area (Å²) < 4.78 is 0.339. The van der Waals surface area contributed by atoms with Crippen molar-refractivity contribution in [3.05, 3.63) is 74.2 Å². The molecule has 27 heavy (non-hydrogen) atoms. The largest absolute Gasteiger partial charge is 0.349 e. The summed E-state index contributed by atoms with van der Waals surface area (Å²) in [6.45, 7) is 0.977. The lowest BCUT2D eigenvalue weighted by atomic mass is 10.0. The number of nitrogens with one attached hydrogen (secondary N) is 1. The molecule has 8 heteroatoms. The van der Waals surface area contributed by atoms with Crippen LogP contribution < -0.4 is 5.32 Å². The van der Waals surface area contributed by atoms with Gasteiger partial charge in [-0.1, -0.05) is 18.2 Å². The molecule has 0 radical (unpaired) electrons. The summed E-state index contributed by atoms with van der Waals surface area (Å²) in [5, 5.41) is 14.0. The summed E-state index contributed by atoms with van der Waals surface area (Å²) in [7, 11) is 0. The van der Waals surface area contributed by atoms with Crippen LogP contribution in [0.4, 0.5) is 5.69 Å². The number of hydrogen-bond acceptors (Lipinski definition) is 4. The fourth-order valence-electron chi connectivity index (χ4n) is 3.05. The predicted octanol–water partition coefficient (Wildman–Crippen LogP) is 3.39. The van der Waals surface area contributed by atoms with Crippen LogP contribution in [0.2, 0.25) is 0 Å². The molecule has 1 aliphatic heterocycles. The number of amides is 2. The first-order chi connectivity index (χ1) is 13.0. The molecule has 0 spiro atoms. The van der Waals surface area contributed by atoms with Crippen molar-refractivity contribution >= 4 is 33.4 Å². The average molecular weight is 432 g/mol. The van der Waals surface area contributed by atoms with E-state index in [-0.39, 0.29) is 29.1 Å². The highest BCUT2D eigenvalue weighted by molar-refractivity contribution is 9.10. The van der Waals surface area contributed by atoms with E-state index < -0.39 is 4.92 Å². The van der Waals surface area contributed by atoms with Gasteiger partial charge in [0, 0.05) is 36.3 Å². The van der Waals surface area contributed by atoms with Crippen molar-refractivity contribution in [1.82, 2.24) is 10.2 Å². The molecule has 1 saturated heterocycles.